The van der Waals surface area contributed by atoms with Crippen molar-refractivity contribution in [1.82, 2.24) is 16.0 Å². The second-order valence-corrected chi connectivity index (χ2v) is 8.58. The number of Topliss-reactive ketones (excluding diaryl/α,β-unsaturated/α-hetero) is 1. The molecule has 1 aromatic heterocycles. The van der Waals surface area contributed by atoms with Crippen molar-refractivity contribution in [3.05, 3.63) is 24.2 Å². The van der Waals surface area contributed by atoms with Crippen LogP contribution in [0.3, 0.4) is 0 Å². The normalized spacial score (nSPS) is 19.9. The molecule has 2 heterocycles. The van der Waals surface area contributed by atoms with Gasteiger partial charge in [-0.3, -0.25) is 19.2 Å². The van der Waals surface area contributed by atoms with E-state index in [1.807, 2.05) is 13.8 Å². The third kappa shape index (κ3) is 7.65. The molecule has 0 radical (unpaired) electrons. The molecule has 1 fully saturated rings. The fourth-order valence-electron chi connectivity index (χ4n) is 3.20. The van der Waals surface area contributed by atoms with Crippen LogP contribution >= 0.6 is 0 Å². The summed E-state index contributed by atoms with van der Waals surface area (Å²) < 4.78 is 20.3. The summed E-state index contributed by atoms with van der Waals surface area (Å²) in [6.07, 6.45) is 3.00. The van der Waals surface area contributed by atoms with Gasteiger partial charge in [-0.15, -0.1) is 0 Å². The Bertz CT molecular complexity index is 820. The van der Waals surface area contributed by atoms with Crippen LogP contribution in [0.25, 0.3) is 0 Å². The van der Waals surface area contributed by atoms with Gasteiger partial charge in [0.05, 0.1) is 37.7 Å². The number of epoxide rings is 1. The zero-order chi connectivity index (χ0) is 24.6. The molecule has 1 aliphatic heterocycles. The van der Waals surface area contributed by atoms with E-state index in [0.29, 0.717) is 13.0 Å². The van der Waals surface area contributed by atoms with E-state index in [0.717, 1.165) is 0 Å². The van der Waals surface area contributed by atoms with E-state index in [-0.39, 0.29) is 30.5 Å². The fourth-order valence-corrected chi connectivity index (χ4v) is 3.20. The molecular formula is C22H33N3O8. The summed E-state index contributed by atoms with van der Waals surface area (Å²) in [7, 11) is 2.77. The molecular weight excluding hydrogens is 434 g/mol. The zero-order valence-corrected chi connectivity index (χ0v) is 19.6. The van der Waals surface area contributed by atoms with Crippen LogP contribution in [0.4, 0.5) is 0 Å². The highest BCUT2D eigenvalue weighted by molar-refractivity contribution is 5.99. The number of furan rings is 1. The van der Waals surface area contributed by atoms with Crippen LogP contribution in [-0.2, 0) is 28.6 Å². The van der Waals surface area contributed by atoms with Crippen molar-refractivity contribution in [2.24, 2.45) is 5.92 Å². The molecule has 11 heteroatoms. The molecule has 0 aromatic carbocycles. The van der Waals surface area contributed by atoms with Gasteiger partial charge < -0.3 is 34.6 Å². The van der Waals surface area contributed by atoms with E-state index in [1.54, 1.807) is 6.92 Å². The molecule has 0 saturated carbocycles. The predicted octanol–water partition coefficient (Wildman–Crippen LogP) is 0.0445. The lowest BCUT2D eigenvalue weighted by molar-refractivity contribution is -0.134. The first-order chi connectivity index (χ1) is 15.6. The number of hydrogen-bond donors (Lipinski definition) is 3. The van der Waals surface area contributed by atoms with Crippen molar-refractivity contribution in [1.29, 1.82) is 0 Å². The van der Waals surface area contributed by atoms with Gasteiger partial charge in [0.25, 0.3) is 5.91 Å². The third-order valence-electron chi connectivity index (χ3n) is 5.14. The minimum Gasteiger partial charge on any atom is -0.472 e. The van der Waals surface area contributed by atoms with Crippen molar-refractivity contribution in [3.63, 3.8) is 0 Å². The summed E-state index contributed by atoms with van der Waals surface area (Å²) in [6, 6.07) is -1.48. The standard InChI is InChI=1S/C22H33N3O8/c1-13(2)8-15(18(26)22(3)12-33-22)23-20(28)17(11-31-5)25-21(29)16(10-30-4)24-19(27)14-6-7-32-9-14/h6-7,9,13,15-17H,8,10-12H2,1-5H3,(H,23,28)(H,24,27)(H,25,29). The molecule has 0 bridgehead atoms. The largest absolute Gasteiger partial charge is 0.472 e. The molecule has 3 N–H and O–H groups in total. The second kappa shape index (κ2) is 11.9. The highest BCUT2D eigenvalue weighted by Crippen LogP contribution is 2.29. The predicted molar refractivity (Wildman–Crippen MR) is 116 cm³/mol. The van der Waals surface area contributed by atoms with E-state index in [1.165, 1.54) is 32.8 Å². The topological polar surface area (TPSA) is 148 Å². The average molecular weight is 468 g/mol. The Morgan fingerprint density at radius 3 is 2.00 bits per heavy atom. The summed E-state index contributed by atoms with van der Waals surface area (Å²) in [5, 5.41) is 7.83. The van der Waals surface area contributed by atoms with Crippen molar-refractivity contribution in [3.8, 4) is 0 Å². The number of nitrogens with one attached hydrogen (secondary N) is 3. The lowest BCUT2D eigenvalue weighted by Crippen LogP contribution is -2.58. The Morgan fingerprint density at radius 1 is 1.00 bits per heavy atom. The molecule has 1 aromatic rings. The highest BCUT2D eigenvalue weighted by Gasteiger charge is 2.50. The maximum Gasteiger partial charge on any atom is 0.255 e. The van der Waals surface area contributed by atoms with E-state index in [4.69, 9.17) is 18.6 Å². The van der Waals surface area contributed by atoms with Gasteiger partial charge in [0.15, 0.2) is 5.78 Å². The van der Waals surface area contributed by atoms with Gasteiger partial charge in [-0.2, -0.15) is 0 Å². The Labute approximate surface area is 192 Å². The molecule has 2 rings (SSSR count). The zero-order valence-electron chi connectivity index (χ0n) is 19.6. The van der Waals surface area contributed by atoms with Crippen LogP contribution in [0.2, 0.25) is 0 Å². The molecule has 4 unspecified atom stereocenters. The van der Waals surface area contributed by atoms with Gasteiger partial charge in [-0.1, -0.05) is 13.8 Å². The first kappa shape index (κ1) is 26.5. The van der Waals surface area contributed by atoms with Crippen LogP contribution in [0.5, 0.6) is 0 Å². The van der Waals surface area contributed by atoms with Crippen LogP contribution < -0.4 is 16.0 Å². The number of ether oxygens (including phenoxy) is 3. The number of hydrogen-bond acceptors (Lipinski definition) is 8. The Kier molecular flexibility index (Phi) is 9.56. The lowest BCUT2D eigenvalue weighted by Gasteiger charge is -2.26. The number of methoxy groups -OCH3 is 2. The van der Waals surface area contributed by atoms with E-state index < -0.39 is 41.4 Å². The molecule has 0 spiro atoms. The third-order valence-corrected chi connectivity index (χ3v) is 5.14. The first-order valence-electron chi connectivity index (χ1n) is 10.7. The minimum atomic E-state index is -1.09. The molecule has 0 aliphatic carbocycles. The van der Waals surface area contributed by atoms with E-state index in [9.17, 15) is 19.2 Å². The van der Waals surface area contributed by atoms with Crippen molar-refractivity contribution < 1.29 is 37.8 Å². The maximum atomic E-state index is 13.0. The summed E-state index contributed by atoms with van der Waals surface area (Å²) in [4.78, 5) is 50.9. The number of carbonyl (C=O) groups excluding carboxylic acids is 4. The monoisotopic (exact) mass is 467 g/mol. The molecule has 11 nitrogen and oxygen atoms in total. The lowest BCUT2D eigenvalue weighted by atomic mass is 9.93. The van der Waals surface area contributed by atoms with Crippen molar-refractivity contribution >= 4 is 23.5 Å². The molecule has 1 saturated heterocycles. The Balaban J connectivity index is 2.07. The Hall–Kier alpha value is -2.76. The van der Waals surface area contributed by atoms with Gasteiger partial charge in [0.2, 0.25) is 11.8 Å². The van der Waals surface area contributed by atoms with Crippen molar-refractivity contribution in [2.45, 2.75) is 50.9 Å². The van der Waals surface area contributed by atoms with Gasteiger partial charge in [0.1, 0.15) is 23.9 Å². The molecule has 1 aliphatic rings. The molecule has 184 valence electrons. The van der Waals surface area contributed by atoms with Crippen molar-refractivity contribution in [2.75, 3.05) is 34.0 Å². The number of rotatable bonds is 14. The molecule has 4 atom stereocenters. The van der Waals surface area contributed by atoms with Gasteiger partial charge in [-0.05, 0) is 25.3 Å². The minimum absolute atomic E-state index is 0.124. The summed E-state index contributed by atoms with van der Waals surface area (Å²) in [6.45, 7) is 5.61. The fraction of sp³-hybridized carbons (Fsp3) is 0.636. The SMILES string of the molecule is COCC(NC(=O)c1ccoc1)C(=O)NC(COC)C(=O)NC(CC(C)C)C(=O)C1(C)CO1. The van der Waals surface area contributed by atoms with Crippen LogP contribution in [0.15, 0.2) is 23.0 Å². The second-order valence-electron chi connectivity index (χ2n) is 8.58. The molecule has 33 heavy (non-hydrogen) atoms. The number of carbonyl (C=O) groups is 4. The Morgan fingerprint density at radius 2 is 1.55 bits per heavy atom. The quantitative estimate of drug-likeness (QED) is 0.325. The van der Waals surface area contributed by atoms with Crippen LogP contribution in [-0.4, -0.2) is 81.3 Å². The van der Waals surface area contributed by atoms with Crippen LogP contribution in [0.1, 0.15) is 37.6 Å². The summed E-state index contributed by atoms with van der Waals surface area (Å²) in [5.74, 6) is -1.83. The molecule has 3 amide bonds. The van der Waals surface area contributed by atoms with Gasteiger partial charge in [-0.25, -0.2) is 0 Å². The average Bonchev–Trinajstić information content (AvgIpc) is 3.27. The van der Waals surface area contributed by atoms with Gasteiger partial charge in [0, 0.05) is 14.2 Å². The van der Waals surface area contributed by atoms with Gasteiger partial charge >= 0.3 is 0 Å². The first-order valence-corrected chi connectivity index (χ1v) is 10.7. The van der Waals surface area contributed by atoms with E-state index in [2.05, 4.69) is 16.0 Å². The summed E-state index contributed by atoms with van der Waals surface area (Å²) in [5.41, 5.74) is -0.658. The van der Waals surface area contributed by atoms with E-state index >= 15 is 0 Å². The number of ketones is 1. The maximum absolute atomic E-state index is 13.0. The number of amides is 3. The smallest absolute Gasteiger partial charge is 0.255 e. The summed E-state index contributed by atoms with van der Waals surface area (Å²) >= 11 is 0. The van der Waals surface area contributed by atoms with Crippen LogP contribution in [0, 0.1) is 5.92 Å². The highest BCUT2D eigenvalue weighted by atomic mass is 16.6.